The summed E-state index contributed by atoms with van der Waals surface area (Å²) in [5.41, 5.74) is 1.75. The topological polar surface area (TPSA) is 66.4 Å². The first-order valence-electron chi connectivity index (χ1n) is 5.69. The number of carboxylic acids is 1. The van der Waals surface area contributed by atoms with E-state index in [0.717, 1.165) is 21.8 Å². The molecule has 0 fully saturated rings. The standard InChI is InChI=1S/C14H13NO3S/c1-8-5-3-4-6-10(8)13(16)15-11-7-9(2)19-12(11)14(17)18/h3-7H,1-2H3,(H,15,16)(H,17,18). The van der Waals surface area contributed by atoms with Gasteiger partial charge in [-0.05, 0) is 31.5 Å². The van der Waals surface area contributed by atoms with Gasteiger partial charge in [0.1, 0.15) is 4.88 Å². The van der Waals surface area contributed by atoms with Crippen LogP contribution in [-0.4, -0.2) is 17.0 Å². The van der Waals surface area contributed by atoms with E-state index >= 15 is 0 Å². The predicted molar refractivity (Wildman–Crippen MR) is 75.1 cm³/mol. The molecule has 19 heavy (non-hydrogen) atoms. The minimum Gasteiger partial charge on any atom is -0.477 e. The maximum Gasteiger partial charge on any atom is 0.348 e. The van der Waals surface area contributed by atoms with E-state index in [-0.39, 0.29) is 10.8 Å². The number of thiophene rings is 1. The maximum absolute atomic E-state index is 12.1. The Kier molecular flexibility index (Phi) is 3.66. The first-order chi connectivity index (χ1) is 8.99. The number of benzene rings is 1. The Morgan fingerprint density at radius 1 is 1.21 bits per heavy atom. The summed E-state index contributed by atoms with van der Waals surface area (Å²) in [5, 5.41) is 11.7. The number of amides is 1. The number of nitrogens with one attached hydrogen (secondary N) is 1. The van der Waals surface area contributed by atoms with Crippen LogP contribution in [0.1, 0.15) is 30.5 Å². The molecular formula is C14H13NO3S. The lowest BCUT2D eigenvalue weighted by Gasteiger charge is -2.06. The van der Waals surface area contributed by atoms with Crippen molar-refractivity contribution in [3.8, 4) is 0 Å². The fraction of sp³-hybridized carbons (Fsp3) is 0.143. The summed E-state index contributed by atoms with van der Waals surface area (Å²) in [5.74, 6) is -1.32. The van der Waals surface area contributed by atoms with Crippen molar-refractivity contribution in [2.24, 2.45) is 0 Å². The number of carboxylic acid groups (broad SMARTS) is 1. The molecular weight excluding hydrogens is 262 g/mol. The number of aromatic carboxylic acids is 1. The van der Waals surface area contributed by atoms with Crippen LogP contribution in [0.15, 0.2) is 30.3 Å². The van der Waals surface area contributed by atoms with Crippen molar-refractivity contribution in [3.63, 3.8) is 0 Å². The summed E-state index contributed by atoms with van der Waals surface area (Å²) in [4.78, 5) is 24.2. The highest BCUT2D eigenvalue weighted by atomic mass is 32.1. The molecule has 0 aliphatic rings. The summed E-state index contributed by atoms with van der Waals surface area (Å²) in [7, 11) is 0. The molecule has 1 aromatic carbocycles. The lowest BCUT2D eigenvalue weighted by Crippen LogP contribution is -2.14. The van der Waals surface area contributed by atoms with Gasteiger partial charge in [0.2, 0.25) is 0 Å². The van der Waals surface area contributed by atoms with Gasteiger partial charge in [0.25, 0.3) is 5.91 Å². The fourth-order valence-corrected chi connectivity index (χ4v) is 2.59. The van der Waals surface area contributed by atoms with Crippen LogP contribution in [0.4, 0.5) is 5.69 Å². The maximum atomic E-state index is 12.1. The first-order valence-corrected chi connectivity index (χ1v) is 6.51. The molecule has 2 rings (SSSR count). The lowest BCUT2D eigenvalue weighted by atomic mass is 10.1. The van der Waals surface area contributed by atoms with Gasteiger partial charge in [0, 0.05) is 10.4 Å². The van der Waals surface area contributed by atoms with Gasteiger partial charge in [-0.25, -0.2) is 4.79 Å². The molecule has 0 atom stereocenters. The van der Waals surface area contributed by atoms with Crippen LogP contribution >= 0.6 is 11.3 Å². The monoisotopic (exact) mass is 275 g/mol. The van der Waals surface area contributed by atoms with Crippen LogP contribution in [0.2, 0.25) is 0 Å². The normalized spacial score (nSPS) is 10.2. The molecule has 1 aromatic heterocycles. The average molecular weight is 275 g/mol. The Balaban J connectivity index is 2.29. The zero-order chi connectivity index (χ0) is 14.0. The molecule has 0 saturated carbocycles. The van der Waals surface area contributed by atoms with Gasteiger partial charge < -0.3 is 10.4 Å². The Morgan fingerprint density at radius 3 is 2.53 bits per heavy atom. The van der Waals surface area contributed by atoms with E-state index in [2.05, 4.69) is 5.32 Å². The van der Waals surface area contributed by atoms with E-state index in [0.29, 0.717) is 11.3 Å². The number of anilines is 1. The summed E-state index contributed by atoms with van der Waals surface area (Å²) in [6, 6.07) is 8.85. The third kappa shape index (κ3) is 2.82. The third-order valence-corrected chi connectivity index (χ3v) is 3.73. The molecule has 98 valence electrons. The molecule has 0 aliphatic heterocycles. The van der Waals surface area contributed by atoms with Gasteiger partial charge >= 0.3 is 5.97 Å². The van der Waals surface area contributed by atoms with Crippen LogP contribution in [0.25, 0.3) is 0 Å². The second-order valence-corrected chi connectivity index (χ2v) is 5.43. The van der Waals surface area contributed by atoms with Crippen LogP contribution in [0.5, 0.6) is 0 Å². The van der Waals surface area contributed by atoms with E-state index in [1.807, 2.05) is 19.1 Å². The molecule has 0 bridgehead atoms. The summed E-state index contributed by atoms with van der Waals surface area (Å²) >= 11 is 1.15. The van der Waals surface area contributed by atoms with E-state index in [4.69, 9.17) is 5.11 Å². The molecule has 1 amide bonds. The molecule has 0 unspecified atom stereocenters. The largest absolute Gasteiger partial charge is 0.477 e. The highest BCUT2D eigenvalue weighted by molar-refractivity contribution is 7.14. The Bertz CT molecular complexity index is 646. The van der Waals surface area contributed by atoms with Gasteiger partial charge in [-0.1, -0.05) is 18.2 Å². The quantitative estimate of drug-likeness (QED) is 0.903. The zero-order valence-electron chi connectivity index (χ0n) is 10.6. The van der Waals surface area contributed by atoms with Crippen LogP contribution in [-0.2, 0) is 0 Å². The van der Waals surface area contributed by atoms with E-state index in [1.54, 1.807) is 25.1 Å². The van der Waals surface area contributed by atoms with Gasteiger partial charge in [0.05, 0.1) is 5.69 Å². The van der Waals surface area contributed by atoms with Crippen molar-refractivity contribution < 1.29 is 14.7 Å². The van der Waals surface area contributed by atoms with Crippen LogP contribution in [0.3, 0.4) is 0 Å². The fourth-order valence-electron chi connectivity index (χ4n) is 1.78. The summed E-state index contributed by atoms with van der Waals surface area (Å²) in [6.07, 6.45) is 0. The summed E-state index contributed by atoms with van der Waals surface area (Å²) in [6.45, 7) is 3.65. The van der Waals surface area contributed by atoms with E-state index in [1.165, 1.54) is 0 Å². The second-order valence-electron chi connectivity index (χ2n) is 4.17. The van der Waals surface area contributed by atoms with Crippen molar-refractivity contribution in [1.29, 1.82) is 0 Å². The molecule has 0 aliphatic carbocycles. The van der Waals surface area contributed by atoms with E-state index < -0.39 is 5.97 Å². The average Bonchev–Trinajstić information content (AvgIpc) is 2.70. The van der Waals surface area contributed by atoms with Crippen molar-refractivity contribution in [2.75, 3.05) is 5.32 Å². The number of aryl methyl sites for hydroxylation is 2. The molecule has 4 nitrogen and oxygen atoms in total. The Morgan fingerprint density at radius 2 is 1.89 bits per heavy atom. The van der Waals surface area contributed by atoms with Crippen LogP contribution in [0, 0.1) is 13.8 Å². The number of carbonyl (C=O) groups excluding carboxylic acids is 1. The highest BCUT2D eigenvalue weighted by Gasteiger charge is 2.17. The third-order valence-electron chi connectivity index (χ3n) is 2.69. The minimum absolute atomic E-state index is 0.152. The molecule has 0 spiro atoms. The zero-order valence-corrected chi connectivity index (χ0v) is 11.4. The number of hydrogen-bond acceptors (Lipinski definition) is 3. The second kappa shape index (κ2) is 5.24. The highest BCUT2D eigenvalue weighted by Crippen LogP contribution is 2.27. The van der Waals surface area contributed by atoms with Crippen molar-refractivity contribution in [2.45, 2.75) is 13.8 Å². The molecule has 0 saturated heterocycles. The minimum atomic E-state index is -1.03. The van der Waals surface area contributed by atoms with Gasteiger partial charge in [-0.2, -0.15) is 0 Å². The van der Waals surface area contributed by atoms with Gasteiger partial charge in [0.15, 0.2) is 0 Å². The van der Waals surface area contributed by atoms with Crippen molar-refractivity contribution in [3.05, 3.63) is 51.2 Å². The van der Waals surface area contributed by atoms with Crippen LogP contribution < -0.4 is 5.32 Å². The summed E-state index contributed by atoms with van der Waals surface area (Å²) < 4.78 is 0. The van der Waals surface area contributed by atoms with Crippen molar-refractivity contribution >= 4 is 28.9 Å². The Hall–Kier alpha value is -2.14. The van der Waals surface area contributed by atoms with Gasteiger partial charge in [-0.15, -0.1) is 11.3 Å². The lowest BCUT2D eigenvalue weighted by molar-refractivity contribution is 0.0703. The Labute approximate surface area is 114 Å². The first kappa shape index (κ1) is 13.3. The number of hydrogen-bond donors (Lipinski definition) is 2. The SMILES string of the molecule is Cc1cc(NC(=O)c2ccccc2C)c(C(=O)O)s1. The molecule has 1 heterocycles. The number of carbonyl (C=O) groups is 2. The molecule has 2 aromatic rings. The number of rotatable bonds is 3. The van der Waals surface area contributed by atoms with E-state index in [9.17, 15) is 9.59 Å². The molecule has 0 radical (unpaired) electrons. The molecule has 2 N–H and O–H groups in total. The molecule has 5 heteroatoms. The smallest absolute Gasteiger partial charge is 0.348 e. The van der Waals surface area contributed by atoms with Gasteiger partial charge in [-0.3, -0.25) is 4.79 Å². The predicted octanol–water partition coefficient (Wildman–Crippen LogP) is 3.32. The van der Waals surface area contributed by atoms with Crippen molar-refractivity contribution in [1.82, 2.24) is 0 Å².